The average Bonchev–Trinajstić information content (AvgIpc) is 3.34. The van der Waals surface area contributed by atoms with Crippen LogP contribution in [0.15, 0.2) is 72.9 Å². The molecule has 3 aromatic heterocycles. The van der Waals surface area contributed by atoms with Gasteiger partial charge in [0.05, 0.1) is 41.3 Å². The molecule has 2 fully saturated rings. The maximum atomic E-state index is 11.6. The molecule has 0 bridgehead atoms. The Balaban J connectivity index is 1.000. The largest absolute Gasteiger partial charge is 0.478 e. The van der Waals surface area contributed by atoms with Gasteiger partial charge in [-0.05, 0) is 86.4 Å². The van der Waals surface area contributed by atoms with E-state index in [9.17, 15) is 9.90 Å². The predicted molar refractivity (Wildman–Crippen MR) is 162 cm³/mol. The van der Waals surface area contributed by atoms with Crippen LogP contribution in [0.1, 0.15) is 52.6 Å². The summed E-state index contributed by atoms with van der Waals surface area (Å²) in [6, 6.07) is 21.9. The molecule has 2 aliphatic rings. The first-order valence-electron chi connectivity index (χ1n) is 14.7. The van der Waals surface area contributed by atoms with Gasteiger partial charge in [0.1, 0.15) is 11.6 Å². The summed E-state index contributed by atoms with van der Waals surface area (Å²) in [4.78, 5) is 28.4. The maximum Gasteiger partial charge on any atom is 0.335 e. The third kappa shape index (κ3) is 5.57. The molecule has 5 aromatic rings. The highest BCUT2D eigenvalue weighted by molar-refractivity contribution is 5.92. The highest BCUT2D eigenvalue weighted by atomic mass is 16.5. The van der Waals surface area contributed by atoms with E-state index in [-0.39, 0.29) is 11.7 Å². The van der Waals surface area contributed by atoms with Gasteiger partial charge in [-0.3, -0.25) is 9.88 Å². The summed E-state index contributed by atoms with van der Waals surface area (Å²) in [6.07, 6.45) is 5.06. The SMILES string of the molecule is O=C(O)c1ccc2nc(CN3CCC(c4cccc(NCc5ccc6ncccc6c5)n4)CC3)n(C[C@@H]3CCO3)c2c1. The minimum atomic E-state index is -0.924. The fourth-order valence-corrected chi connectivity index (χ4v) is 6.05. The first-order chi connectivity index (χ1) is 20.6. The monoisotopic (exact) mass is 562 g/mol. The molecular formula is C33H34N6O3. The number of rotatable bonds is 9. The van der Waals surface area contributed by atoms with E-state index in [1.807, 2.05) is 24.4 Å². The van der Waals surface area contributed by atoms with E-state index in [1.165, 1.54) is 5.56 Å². The molecule has 7 rings (SSSR count). The van der Waals surface area contributed by atoms with Crippen LogP contribution in [-0.4, -0.2) is 61.3 Å². The van der Waals surface area contributed by atoms with Crippen LogP contribution in [0, 0.1) is 0 Å². The second-order valence-corrected chi connectivity index (χ2v) is 11.3. The Labute approximate surface area is 244 Å². The smallest absolute Gasteiger partial charge is 0.335 e. The summed E-state index contributed by atoms with van der Waals surface area (Å²) >= 11 is 0. The van der Waals surface area contributed by atoms with E-state index >= 15 is 0 Å². The fraction of sp³-hybridized carbons (Fsp3) is 0.333. The van der Waals surface area contributed by atoms with E-state index in [0.29, 0.717) is 19.0 Å². The Hall–Kier alpha value is -4.34. The van der Waals surface area contributed by atoms with Crippen LogP contribution < -0.4 is 5.32 Å². The lowest BCUT2D eigenvalue weighted by molar-refractivity contribution is -0.0592. The average molecular weight is 563 g/mol. The van der Waals surface area contributed by atoms with Gasteiger partial charge in [0.25, 0.3) is 0 Å². The molecule has 5 heterocycles. The minimum absolute atomic E-state index is 0.158. The number of carboxylic acid groups (broad SMARTS) is 1. The molecule has 2 N–H and O–H groups in total. The van der Waals surface area contributed by atoms with Crippen LogP contribution in [0.4, 0.5) is 5.82 Å². The van der Waals surface area contributed by atoms with E-state index in [1.54, 1.807) is 12.1 Å². The molecule has 2 saturated heterocycles. The molecule has 9 heteroatoms. The number of aromatic nitrogens is 4. The van der Waals surface area contributed by atoms with Gasteiger partial charge in [0.2, 0.25) is 0 Å². The van der Waals surface area contributed by atoms with Gasteiger partial charge >= 0.3 is 5.97 Å². The topological polar surface area (TPSA) is 105 Å². The molecule has 0 spiro atoms. The number of pyridine rings is 2. The summed E-state index contributed by atoms with van der Waals surface area (Å²) < 4.78 is 7.88. The first kappa shape index (κ1) is 26.6. The second-order valence-electron chi connectivity index (χ2n) is 11.3. The zero-order valence-corrected chi connectivity index (χ0v) is 23.4. The van der Waals surface area contributed by atoms with Crippen LogP contribution >= 0.6 is 0 Å². The summed E-state index contributed by atoms with van der Waals surface area (Å²) in [6.45, 7) is 4.84. The maximum absolute atomic E-state index is 11.6. The van der Waals surface area contributed by atoms with Crippen LogP contribution in [0.2, 0.25) is 0 Å². The van der Waals surface area contributed by atoms with Crippen molar-refractivity contribution in [2.75, 3.05) is 25.0 Å². The van der Waals surface area contributed by atoms with Gasteiger partial charge in [0.15, 0.2) is 0 Å². The molecule has 2 aromatic carbocycles. The number of nitrogens with one attached hydrogen (secondary N) is 1. The molecular weight excluding hydrogens is 528 g/mol. The molecule has 0 unspecified atom stereocenters. The van der Waals surface area contributed by atoms with Crippen LogP contribution in [0.3, 0.4) is 0 Å². The number of ether oxygens (including phenoxy) is 1. The van der Waals surface area contributed by atoms with Crippen molar-refractivity contribution in [1.29, 1.82) is 0 Å². The number of fused-ring (bicyclic) bond motifs is 2. The van der Waals surface area contributed by atoms with Crippen LogP contribution in [-0.2, 0) is 24.4 Å². The number of hydrogen-bond acceptors (Lipinski definition) is 7. The summed E-state index contributed by atoms with van der Waals surface area (Å²) in [5.41, 5.74) is 5.32. The van der Waals surface area contributed by atoms with Gasteiger partial charge in [-0.15, -0.1) is 0 Å². The van der Waals surface area contributed by atoms with Crippen molar-refractivity contribution in [3.63, 3.8) is 0 Å². The van der Waals surface area contributed by atoms with E-state index < -0.39 is 5.97 Å². The second kappa shape index (κ2) is 11.5. The first-order valence-corrected chi connectivity index (χ1v) is 14.7. The van der Waals surface area contributed by atoms with Crippen molar-refractivity contribution in [3.8, 4) is 0 Å². The quantitative estimate of drug-likeness (QED) is 0.244. The van der Waals surface area contributed by atoms with Crippen LogP contribution in [0.25, 0.3) is 21.9 Å². The summed E-state index contributed by atoms with van der Waals surface area (Å²) in [5.74, 6) is 1.35. The highest BCUT2D eigenvalue weighted by Gasteiger charge is 2.26. The molecule has 0 aliphatic carbocycles. The molecule has 9 nitrogen and oxygen atoms in total. The number of benzene rings is 2. The number of nitrogens with zero attached hydrogens (tertiary/aromatic N) is 5. The number of likely N-dealkylation sites (tertiary alicyclic amines) is 1. The van der Waals surface area contributed by atoms with Gasteiger partial charge in [0, 0.05) is 36.3 Å². The molecule has 2 aliphatic heterocycles. The Morgan fingerprint density at radius 3 is 2.64 bits per heavy atom. The Morgan fingerprint density at radius 2 is 1.83 bits per heavy atom. The zero-order chi connectivity index (χ0) is 28.5. The number of carbonyl (C=O) groups is 1. The summed E-state index contributed by atoms with van der Waals surface area (Å²) in [7, 11) is 0. The van der Waals surface area contributed by atoms with E-state index in [0.717, 1.165) is 84.8 Å². The Bertz CT molecular complexity index is 1740. The lowest BCUT2D eigenvalue weighted by Crippen LogP contribution is -2.35. The number of anilines is 1. The minimum Gasteiger partial charge on any atom is -0.478 e. The number of carboxylic acids is 1. The van der Waals surface area contributed by atoms with Gasteiger partial charge < -0.3 is 19.7 Å². The van der Waals surface area contributed by atoms with Gasteiger partial charge in [-0.1, -0.05) is 18.2 Å². The lowest BCUT2D eigenvalue weighted by Gasteiger charge is -2.32. The molecule has 1 atom stereocenters. The van der Waals surface area contributed by atoms with Crippen molar-refractivity contribution in [2.24, 2.45) is 0 Å². The Morgan fingerprint density at radius 1 is 0.976 bits per heavy atom. The standard InChI is InChI=1S/C33H34N6O3/c40-33(41)25-7-9-29-30(18-25)39(20-26-12-16-42-26)32(37-29)21-38-14-10-23(11-15-38)28-4-1-5-31(36-28)35-19-22-6-8-27-24(17-22)3-2-13-34-27/h1-9,13,17-18,23,26H,10-12,14-16,19-21H2,(H,35,36)(H,40,41)/t26-/m0/s1. The van der Waals surface area contributed by atoms with E-state index in [4.69, 9.17) is 14.7 Å². The Kier molecular flexibility index (Phi) is 7.27. The predicted octanol–water partition coefficient (Wildman–Crippen LogP) is 5.46. The highest BCUT2D eigenvalue weighted by Crippen LogP contribution is 2.29. The summed E-state index contributed by atoms with van der Waals surface area (Å²) in [5, 5.41) is 14.2. The number of hydrogen-bond donors (Lipinski definition) is 2. The number of piperidine rings is 1. The van der Waals surface area contributed by atoms with Crippen molar-refractivity contribution in [3.05, 3.63) is 95.6 Å². The number of imidazole rings is 1. The van der Waals surface area contributed by atoms with Crippen molar-refractivity contribution < 1.29 is 14.6 Å². The molecule has 214 valence electrons. The molecule has 0 radical (unpaired) electrons. The van der Waals surface area contributed by atoms with Crippen molar-refractivity contribution in [1.82, 2.24) is 24.4 Å². The van der Waals surface area contributed by atoms with Crippen molar-refractivity contribution in [2.45, 2.75) is 50.9 Å². The zero-order valence-electron chi connectivity index (χ0n) is 23.4. The molecule has 0 saturated carbocycles. The lowest BCUT2D eigenvalue weighted by atomic mass is 9.93. The van der Waals surface area contributed by atoms with Crippen LogP contribution in [0.5, 0.6) is 0 Å². The van der Waals surface area contributed by atoms with Crippen molar-refractivity contribution >= 4 is 33.7 Å². The fourth-order valence-electron chi connectivity index (χ4n) is 6.05. The third-order valence-corrected chi connectivity index (χ3v) is 8.54. The van der Waals surface area contributed by atoms with Gasteiger partial charge in [-0.2, -0.15) is 0 Å². The van der Waals surface area contributed by atoms with E-state index in [2.05, 4.69) is 56.2 Å². The van der Waals surface area contributed by atoms with Gasteiger partial charge in [-0.25, -0.2) is 14.8 Å². The third-order valence-electron chi connectivity index (χ3n) is 8.54. The molecule has 0 amide bonds. The number of aromatic carboxylic acids is 1. The normalized spacial score (nSPS) is 17.9. The molecule has 42 heavy (non-hydrogen) atoms.